The number of rotatable bonds is 27. The molecular formula is C43H67N8O10+. The van der Waals surface area contributed by atoms with E-state index in [-0.39, 0.29) is 61.5 Å². The van der Waals surface area contributed by atoms with Crippen molar-refractivity contribution in [2.24, 2.45) is 11.8 Å². The second kappa shape index (κ2) is 23.9. The standard InChI is InChI=1S/C43H66N8O10/c1-7-8-9-10-11-12-40(55)61-35-14-13-31(21-36(35)59-27-32-22-46-50-49-32)25-51(15-17-58-18-16-51)26-39(54)44-23-37(52)48-34(20-30(4)5)42(57)45-24-38(53)47-33(19-29(2)3)41(56)43(6)28-60-43/h13-14,21-22,29-30,33-34H,7-12,15-20,23-28H2,1-6H3,(H4-,44,45,46,47,48,49,50,52,53,54,57)/p+1/t33-,34-,43+/m0/s1. The van der Waals surface area contributed by atoms with Crippen LogP contribution >= 0.6 is 0 Å². The third-order valence-electron chi connectivity index (χ3n) is 10.7. The summed E-state index contributed by atoms with van der Waals surface area (Å²) in [7, 11) is 0. The lowest BCUT2D eigenvalue weighted by Gasteiger charge is -2.40. The molecule has 3 atom stereocenters. The molecule has 1 aromatic heterocycles. The van der Waals surface area contributed by atoms with Gasteiger partial charge in [0.05, 0.1) is 45.1 Å². The number of nitrogens with one attached hydrogen (secondary N) is 5. The molecule has 0 aliphatic carbocycles. The van der Waals surface area contributed by atoms with Crippen LogP contribution in [0.3, 0.4) is 0 Å². The van der Waals surface area contributed by atoms with E-state index < -0.39 is 35.4 Å². The van der Waals surface area contributed by atoms with Crippen molar-refractivity contribution >= 4 is 35.4 Å². The summed E-state index contributed by atoms with van der Waals surface area (Å²) in [5.41, 5.74) is 0.500. The van der Waals surface area contributed by atoms with Gasteiger partial charge in [0.15, 0.2) is 23.8 Å². The van der Waals surface area contributed by atoms with Gasteiger partial charge in [-0.05, 0) is 56.2 Å². The summed E-state index contributed by atoms with van der Waals surface area (Å²) >= 11 is 0. The SMILES string of the molecule is CCCCCCCC(=O)Oc1ccc(C[N+]2(CC(=O)NCC(=O)N[C@@H](CC(C)C)C(=O)NCC(=O)N[C@@H](CC(C)C)C(=O)[C@@]3(C)CO3)CCOCC2)cc1OCc1cn[nH]n1. The number of aromatic nitrogens is 3. The fourth-order valence-corrected chi connectivity index (χ4v) is 7.18. The number of hydrogen-bond donors (Lipinski definition) is 5. The van der Waals surface area contributed by atoms with Gasteiger partial charge in [-0.3, -0.25) is 28.8 Å². The molecule has 18 nitrogen and oxygen atoms in total. The van der Waals surface area contributed by atoms with Gasteiger partial charge in [-0.15, -0.1) is 0 Å². The van der Waals surface area contributed by atoms with Crippen LogP contribution in [0.15, 0.2) is 24.4 Å². The van der Waals surface area contributed by atoms with Crippen molar-refractivity contribution < 1.29 is 52.2 Å². The molecule has 0 radical (unpaired) electrons. The number of aromatic amines is 1. The van der Waals surface area contributed by atoms with Crippen LogP contribution in [0, 0.1) is 11.8 Å². The van der Waals surface area contributed by atoms with Gasteiger partial charge in [-0.25, -0.2) is 0 Å². The number of amides is 4. The molecule has 3 heterocycles. The summed E-state index contributed by atoms with van der Waals surface area (Å²) in [6.45, 7) is 13.6. The lowest BCUT2D eigenvalue weighted by Crippen LogP contribution is -2.59. The van der Waals surface area contributed by atoms with E-state index in [4.69, 9.17) is 18.9 Å². The summed E-state index contributed by atoms with van der Waals surface area (Å²) in [6, 6.07) is 3.65. The molecule has 4 amide bonds. The minimum Gasteiger partial charge on any atom is -0.483 e. The molecule has 0 bridgehead atoms. The number of ether oxygens (including phenoxy) is 4. The number of benzene rings is 1. The Morgan fingerprint density at radius 1 is 0.869 bits per heavy atom. The molecule has 2 aliphatic heterocycles. The molecule has 338 valence electrons. The third-order valence-corrected chi connectivity index (χ3v) is 10.7. The predicted octanol–water partition coefficient (Wildman–Crippen LogP) is 2.65. The fourth-order valence-electron chi connectivity index (χ4n) is 7.18. The van der Waals surface area contributed by atoms with Gasteiger partial charge >= 0.3 is 5.97 Å². The van der Waals surface area contributed by atoms with Crippen molar-refractivity contribution in [1.29, 1.82) is 0 Å². The van der Waals surface area contributed by atoms with E-state index in [1.54, 1.807) is 25.3 Å². The van der Waals surface area contributed by atoms with Gasteiger partial charge in [0, 0.05) is 12.0 Å². The average molecular weight is 856 g/mol. The Labute approximate surface area is 358 Å². The molecule has 2 fully saturated rings. The highest BCUT2D eigenvalue weighted by molar-refractivity contribution is 5.97. The highest BCUT2D eigenvalue weighted by atomic mass is 16.6. The Kier molecular flexibility index (Phi) is 19.1. The van der Waals surface area contributed by atoms with E-state index in [0.717, 1.165) is 37.7 Å². The first-order chi connectivity index (χ1) is 29.1. The number of ketones is 1. The first-order valence-corrected chi connectivity index (χ1v) is 21.7. The molecule has 2 saturated heterocycles. The van der Waals surface area contributed by atoms with E-state index in [9.17, 15) is 28.8 Å². The Morgan fingerprint density at radius 2 is 1.52 bits per heavy atom. The van der Waals surface area contributed by atoms with E-state index in [2.05, 4.69) is 43.6 Å². The number of quaternary nitrogens is 1. The highest BCUT2D eigenvalue weighted by Gasteiger charge is 2.50. The normalized spacial score (nSPS) is 17.8. The van der Waals surface area contributed by atoms with Gasteiger partial charge in [0.1, 0.15) is 43.6 Å². The lowest BCUT2D eigenvalue weighted by molar-refractivity contribution is -0.940. The zero-order chi connectivity index (χ0) is 44.4. The first-order valence-electron chi connectivity index (χ1n) is 21.7. The summed E-state index contributed by atoms with van der Waals surface area (Å²) in [6.07, 6.45) is 7.57. The molecule has 61 heavy (non-hydrogen) atoms. The number of Topliss-reactive ketones (excluding diaryl/α,β-unsaturated/α-hetero) is 1. The van der Waals surface area contributed by atoms with Crippen LogP contribution in [0.25, 0.3) is 0 Å². The van der Waals surface area contributed by atoms with Crippen LogP contribution in [-0.2, 0) is 51.4 Å². The molecule has 4 rings (SSSR count). The maximum atomic E-state index is 13.5. The van der Waals surface area contributed by atoms with Crippen molar-refractivity contribution in [3.63, 3.8) is 0 Å². The molecule has 0 saturated carbocycles. The molecular weight excluding hydrogens is 789 g/mol. The number of morpholine rings is 1. The highest BCUT2D eigenvalue weighted by Crippen LogP contribution is 2.32. The Bertz CT molecular complexity index is 1760. The molecule has 2 aliphatic rings. The van der Waals surface area contributed by atoms with Crippen molar-refractivity contribution in [2.45, 2.75) is 124 Å². The third kappa shape index (κ3) is 16.8. The van der Waals surface area contributed by atoms with Gasteiger partial charge in [-0.1, -0.05) is 60.3 Å². The van der Waals surface area contributed by atoms with Crippen molar-refractivity contribution in [3.8, 4) is 11.5 Å². The first kappa shape index (κ1) is 48.7. The minimum atomic E-state index is -0.963. The number of epoxide rings is 1. The maximum absolute atomic E-state index is 13.5. The molecule has 0 unspecified atom stereocenters. The van der Waals surface area contributed by atoms with Crippen LogP contribution in [0.1, 0.15) is 104 Å². The number of esters is 1. The van der Waals surface area contributed by atoms with Crippen LogP contribution in [0.5, 0.6) is 11.5 Å². The van der Waals surface area contributed by atoms with Crippen LogP contribution < -0.4 is 30.7 Å². The fraction of sp³-hybridized carbons (Fsp3) is 0.674. The number of H-pyrrole nitrogens is 1. The van der Waals surface area contributed by atoms with E-state index >= 15 is 0 Å². The number of carbonyl (C=O) groups is 6. The van der Waals surface area contributed by atoms with Gasteiger partial charge < -0.3 is 44.7 Å². The molecule has 1 aromatic carbocycles. The zero-order valence-electron chi connectivity index (χ0n) is 36.8. The minimum absolute atomic E-state index is 0.0205. The molecule has 2 aromatic rings. The largest absolute Gasteiger partial charge is 0.483 e. The number of hydrogen-bond acceptors (Lipinski definition) is 12. The van der Waals surface area contributed by atoms with Crippen molar-refractivity contribution in [3.05, 3.63) is 35.7 Å². The lowest BCUT2D eigenvalue weighted by atomic mass is 9.93. The molecule has 5 N–H and O–H groups in total. The second-order valence-corrected chi connectivity index (χ2v) is 17.3. The average Bonchev–Trinajstić information content (AvgIpc) is 3.74. The Morgan fingerprint density at radius 3 is 2.16 bits per heavy atom. The maximum Gasteiger partial charge on any atom is 0.311 e. The van der Waals surface area contributed by atoms with Crippen LogP contribution in [0.2, 0.25) is 0 Å². The second-order valence-electron chi connectivity index (χ2n) is 17.3. The van der Waals surface area contributed by atoms with E-state index in [1.807, 2.05) is 33.8 Å². The van der Waals surface area contributed by atoms with Crippen molar-refractivity contribution in [2.75, 3.05) is 52.5 Å². The summed E-state index contributed by atoms with van der Waals surface area (Å²) in [5.74, 6) is -1.75. The predicted molar refractivity (Wildman–Crippen MR) is 224 cm³/mol. The van der Waals surface area contributed by atoms with Crippen LogP contribution in [-0.4, -0.2) is 126 Å². The Hall–Kier alpha value is -4.94. The monoisotopic (exact) mass is 855 g/mol. The summed E-state index contributed by atoms with van der Waals surface area (Å²) < 4.78 is 23.1. The van der Waals surface area contributed by atoms with Gasteiger partial charge in [0.2, 0.25) is 17.7 Å². The Balaban J connectivity index is 1.34. The van der Waals surface area contributed by atoms with Crippen molar-refractivity contribution in [1.82, 2.24) is 36.7 Å². The molecule has 18 heteroatoms. The quantitative estimate of drug-likeness (QED) is 0.0287. The van der Waals surface area contributed by atoms with Gasteiger partial charge in [0.25, 0.3) is 5.91 Å². The zero-order valence-corrected chi connectivity index (χ0v) is 36.8. The summed E-state index contributed by atoms with van der Waals surface area (Å²) in [4.78, 5) is 78.4. The molecule has 0 spiro atoms. The number of nitrogens with zero attached hydrogens (tertiary/aromatic N) is 3. The number of carbonyl (C=O) groups excluding carboxylic acids is 6. The van der Waals surface area contributed by atoms with E-state index in [0.29, 0.717) is 74.6 Å². The number of unbranched alkanes of at least 4 members (excludes halogenated alkanes) is 4. The van der Waals surface area contributed by atoms with Gasteiger partial charge in [-0.2, -0.15) is 15.4 Å². The van der Waals surface area contributed by atoms with E-state index in [1.165, 1.54) is 0 Å². The smallest absolute Gasteiger partial charge is 0.311 e. The topological polar surface area (TPSA) is 232 Å². The van der Waals surface area contributed by atoms with Crippen LogP contribution in [0.4, 0.5) is 0 Å². The summed E-state index contributed by atoms with van der Waals surface area (Å²) in [5, 5.41) is 21.2.